The molecule has 0 rings (SSSR count). The molecule has 0 heterocycles. The van der Waals surface area contributed by atoms with Crippen molar-refractivity contribution in [1.82, 2.24) is 0 Å². The van der Waals surface area contributed by atoms with Gasteiger partial charge in [-0.3, -0.25) is 0 Å². The number of hydrogen-bond acceptors (Lipinski definition) is 2. The van der Waals surface area contributed by atoms with Crippen molar-refractivity contribution in [1.29, 1.82) is 0 Å². The minimum Gasteiger partial charge on any atom is -0.165 e. The summed E-state index contributed by atoms with van der Waals surface area (Å²) < 4.78 is 0.266. The minimum absolute atomic E-state index is 0.266. The quantitative estimate of drug-likeness (QED) is 0.323. The zero-order chi connectivity index (χ0) is 4.99. The lowest BCUT2D eigenvalue weighted by Crippen LogP contribution is -1.84. The van der Waals surface area contributed by atoms with Crippen LogP contribution in [-0.2, 0) is 0 Å². The molecule has 38 valence electrons. The second-order valence-electron chi connectivity index (χ2n) is 1.06. The third-order valence-corrected chi connectivity index (χ3v) is 1.27. The van der Waals surface area contributed by atoms with Crippen LogP contribution in [0.5, 0.6) is 0 Å². The van der Waals surface area contributed by atoms with Crippen molar-refractivity contribution in [2.75, 3.05) is 6.16 Å². The third kappa shape index (κ3) is 5.13. The van der Waals surface area contributed by atoms with E-state index in [2.05, 4.69) is 34.5 Å². The summed E-state index contributed by atoms with van der Waals surface area (Å²) in [6.07, 6.45) is 2.16. The van der Waals surface area contributed by atoms with E-state index in [0.717, 1.165) is 12.6 Å². The lowest BCUT2D eigenvalue weighted by molar-refractivity contribution is 1.09. The molecule has 3 heteroatoms. The highest BCUT2D eigenvalue weighted by Gasteiger charge is 1.87. The smallest absolute Gasteiger partial charge is 0.0445 e. The van der Waals surface area contributed by atoms with Gasteiger partial charge < -0.3 is 0 Å². The van der Waals surface area contributed by atoms with E-state index in [4.69, 9.17) is 0 Å². The van der Waals surface area contributed by atoms with E-state index in [9.17, 15) is 0 Å². The second kappa shape index (κ2) is 4.29. The zero-order valence-electron chi connectivity index (χ0n) is 3.46. The molecule has 0 fully saturated rings. The Morgan fingerprint density at radius 2 is 2.00 bits per heavy atom. The van der Waals surface area contributed by atoms with E-state index in [1.807, 2.05) is 0 Å². The van der Waals surface area contributed by atoms with Gasteiger partial charge in [-0.25, -0.2) is 0 Å². The fourth-order valence-electron chi connectivity index (χ4n) is 0.149. The van der Waals surface area contributed by atoms with Crippen LogP contribution in [0.25, 0.3) is 0 Å². The SMILES string of the molecule is PCCC(S)S. The van der Waals surface area contributed by atoms with Crippen LogP contribution in [0.1, 0.15) is 6.42 Å². The van der Waals surface area contributed by atoms with Gasteiger partial charge in [-0.15, -0.1) is 9.24 Å². The average Bonchev–Trinajstić information content (AvgIpc) is 1.35. The van der Waals surface area contributed by atoms with E-state index >= 15 is 0 Å². The normalized spacial score (nSPS) is 10.0. The summed E-state index contributed by atoms with van der Waals surface area (Å²) in [5.74, 6) is 0. The molecule has 0 saturated carbocycles. The summed E-state index contributed by atoms with van der Waals surface area (Å²) in [7, 11) is 2.63. The molecular formula is C3H9PS2. The van der Waals surface area contributed by atoms with Crippen molar-refractivity contribution in [2.24, 2.45) is 0 Å². The van der Waals surface area contributed by atoms with Crippen molar-refractivity contribution in [3.8, 4) is 0 Å². The summed E-state index contributed by atoms with van der Waals surface area (Å²) in [4.78, 5) is 0. The first-order chi connectivity index (χ1) is 2.77. The monoisotopic (exact) mass is 140 g/mol. The van der Waals surface area contributed by atoms with Gasteiger partial charge in [0.25, 0.3) is 0 Å². The van der Waals surface area contributed by atoms with E-state index in [0.29, 0.717) is 0 Å². The molecule has 0 saturated heterocycles. The van der Waals surface area contributed by atoms with E-state index in [-0.39, 0.29) is 4.58 Å². The van der Waals surface area contributed by atoms with Gasteiger partial charge in [-0.05, 0) is 12.6 Å². The van der Waals surface area contributed by atoms with Gasteiger partial charge in [-0.1, -0.05) is 0 Å². The predicted molar refractivity (Wildman–Crippen MR) is 41.0 cm³/mol. The maximum Gasteiger partial charge on any atom is 0.0445 e. The van der Waals surface area contributed by atoms with Crippen molar-refractivity contribution in [2.45, 2.75) is 11.0 Å². The minimum atomic E-state index is 0.266. The molecule has 0 aliphatic heterocycles. The Bertz CT molecular complexity index is 30.0. The molecule has 0 aliphatic rings. The Kier molecular flexibility index (Phi) is 5.10. The maximum absolute atomic E-state index is 4.03. The molecule has 0 bridgehead atoms. The second-order valence-corrected chi connectivity index (χ2v) is 3.29. The van der Waals surface area contributed by atoms with Crippen LogP contribution in [0.2, 0.25) is 0 Å². The first-order valence-electron chi connectivity index (χ1n) is 1.83. The first-order valence-corrected chi connectivity index (χ1v) is 3.68. The largest absolute Gasteiger partial charge is 0.165 e. The van der Waals surface area contributed by atoms with Crippen molar-refractivity contribution >= 4 is 34.5 Å². The van der Waals surface area contributed by atoms with Gasteiger partial charge in [0.15, 0.2) is 0 Å². The average molecular weight is 140 g/mol. The van der Waals surface area contributed by atoms with Crippen LogP contribution in [-0.4, -0.2) is 10.7 Å². The van der Waals surface area contributed by atoms with E-state index in [1.165, 1.54) is 0 Å². The molecule has 0 aromatic carbocycles. The zero-order valence-corrected chi connectivity index (χ0v) is 6.41. The molecule has 0 amide bonds. The maximum atomic E-state index is 4.03. The Balaban J connectivity index is 2.63. The van der Waals surface area contributed by atoms with Gasteiger partial charge in [-0.2, -0.15) is 25.3 Å². The van der Waals surface area contributed by atoms with Gasteiger partial charge >= 0.3 is 0 Å². The Labute approximate surface area is 52.1 Å². The number of thiol groups is 2. The lowest BCUT2D eigenvalue weighted by atomic mass is 10.6. The fourth-order valence-corrected chi connectivity index (χ4v) is 1.34. The van der Waals surface area contributed by atoms with Crippen molar-refractivity contribution in [3.05, 3.63) is 0 Å². The van der Waals surface area contributed by atoms with Gasteiger partial charge in [0.05, 0.1) is 0 Å². The molecule has 0 aromatic rings. The molecule has 0 aliphatic carbocycles. The molecule has 6 heavy (non-hydrogen) atoms. The lowest BCUT2D eigenvalue weighted by Gasteiger charge is -1.94. The first kappa shape index (κ1) is 7.13. The summed E-state index contributed by atoms with van der Waals surface area (Å²) in [6.45, 7) is 0. The van der Waals surface area contributed by atoms with Crippen molar-refractivity contribution in [3.63, 3.8) is 0 Å². The summed E-state index contributed by atoms with van der Waals surface area (Å²) in [5, 5.41) is 0. The molecule has 0 nitrogen and oxygen atoms in total. The van der Waals surface area contributed by atoms with Gasteiger partial charge in [0.2, 0.25) is 0 Å². The van der Waals surface area contributed by atoms with Crippen LogP contribution in [0.15, 0.2) is 0 Å². The third-order valence-electron chi connectivity index (χ3n) is 0.425. The molecule has 0 radical (unpaired) electrons. The predicted octanol–water partition coefficient (Wildman–Crippen LogP) is 1.44. The highest BCUT2D eigenvalue weighted by Crippen LogP contribution is 2.05. The molecule has 0 aromatic heterocycles. The van der Waals surface area contributed by atoms with E-state index < -0.39 is 0 Å². The summed E-state index contributed by atoms with van der Waals surface area (Å²) in [5.41, 5.74) is 0. The Morgan fingerprint density at radius 1 is 1.50 bits per heavy atom. The number of rotatable bonds is 2. The standard InChI is InChI=1S/C3H9PS2/c4-2-1-3(5)6/h3,5-6H,1-2,4H2. The number of hydrogen-bond donors (Lipinski definition) is 2. The molecule has 1 atom stereocenters. The van der Waals surface area contributed by atoms with Gasteiger partial charge in [0.1, 0.15) is 0 Å². The van der Waals surface area contributed by atoms with Gasteiger partial charge in [0, 0.05) is 4.58 Å². The van der Waals surface area contributed by atoms with Crippen LogP contribution in [0, 0.1) is 0 Å². The summed E-state index contributed by atoms with van der Waals surface area (Å²) in [6, 6.07) is 0. The summed E-state index contributed by atoms with van der Waals surface area (Å²) >= 11 is 8.06. The molecule has 0 N–H and O–H groups in total. The highest BCUT2D eigenvalue weighted by molar-refractivity contribution is 7.99. The van der Waals surface area contributed by atoms with Crippen molar-refractivity contribution < 1.29 is 0 Å². The fraction of sp³-hybridized carbons (Fsp3) is 1.00. The highest BCUT2D eigenvalue weighted by atomic mass is 32.2. The van der Waals surface area contributed by atoms with E-state index in [1.54, 1.807) is 0 Å². The topological polar surface area (TPSA) is 0 Å². The Hall–Kier alpha value is 1.13. The molecule has 0 spiro atoms. The van der Waals surface area contributed by atoms with Crippen LogP contribution in [0.3, 0.4) is 0 Å². The van der Waals surface area contributed by atoms with Crippen LogP contribution >= 0.6 is 34.5 Å². The molecular weight excluding hydrogens is 131 g/mol. The molecule has 1 unspecified atom stereocenters. The van der Waals surface area contributed by atoms with Crippen LogP contribution in [0.4, 0.5) is 0 Å². The van der Waals surface area contributed by atoms with Crippen LogP contribution < -0.4 is 0 Å². The Morgan fingerprint density at radius 3 is 2.00 bits per heavy atom.